The summed E-state index contributed by atoms with van der Waals surface area (Å²) in [5, 5.41) is 13.0. The number of rotatable bonds is 2. The van der Waals surface area contributed by atoms with Crippen LogP contribution in [0.5, 0.6) is 0 Å². The fourth-order valence-corrected chi connectivity index (χ4v) is 1.54. The van der Waals surface area contributed by atoms with Gasteiger partial charge in [0.15, 0.2) is 17.1 Å². The first-order chi connectivity index (χ1) is 8.24. The fourth-order valence-electron chi connectivity index (χ4n) is 1.54. The Bertz CT molecular complexity index is 685. The predicted octanol–water partition coefficient (Wildman–Crippen LogP) is 1.69. The zero-order valence-corrected chi connectivity index (χ0v) is 8.57. The van der Waals surface area contributed by atoms with Gasteiger partial charge in [-0.15, -0.1) is 0 Å². The third kappa shape index (κ3) is 1.55. The van der Waals surface area contributed by atoms with E-state index in [0.29, 0.717) is 17.1 Å². The second-order valence-electron chi connectivity index (χ2n) is 3.43. The number of aromatic nitrogens is 3. The topological polar surface area (TPSA) is 80.6 Å². The van der Waals surface area contributed by atoms with E-state index in [2.05, 4.69) is 10.1 Å². The molecule has 6 nitrogen and oxygen atoms in total. The smallest absolute Gasteiger partial charge is 0.354 e. The van der Waals surface area contributed by atoms with Gasteiger partial charge in [0, 0.05) is 12.3 Å². The van der Waals surface area contributed by atoms with Gasteiger partial charge in [0.2, 0.25) is 0 Å². The minimum absolute atomic E-state index is 0.0107. The van der Waals surface area contributed by atoms with E-state index in [0.717, 1.165) is 0 Å². The lowest BCUT2D eigenvalue weighted by molar-refractivity contribution is 0.0690. The van der Waals surface area contributed by atoms with Crippen LogP contribution in [0.25, 0.3) is 17.1 Å². The number of fused-ring (bicyclic) bond motifs is 1. The zero-order valence-electron chi connectivity index (χ0n) is 8.57. The fraction of sp³-hybridized carbons (Fsp3) is 0. The molecule has 0 amide bonds. The predicted molar refractivity (Wildman–Crippen MR) is 57.6 cm³/mol. The van der Waals surface area contributed by atoms with Gasteiger partial charge in [0.05, 0.1) is 6.26 Å². The molecule has 0 fully saturated rings. The lowest BCUT2D eigenvalue weighted by Crippen LogP contribution is -2.01. The molecule has 84 valence electrons. The van der Waals surface area contributed by atoms with Crippen LogP contribution in [-0.2, 0) is 0 Å². The van der Waals surface area contributed by atoms with Crippen molar-refractivity contribution in [3.8, 4) is 11.5 Å². The van der Waals surface area contributed by atoms with Crippen LogP contribution in [0.3, 0.4) is 0 Å². The largest absolute Gasteiger partial charge is 0.477 e. The SMILES string of the molecule is O=C(O)c1ccn2nc(-c3ccco3)cc2n1. The highest BCUT2D eigenvalue weighted by Gasteiger charge is 2.10. The Kier molecular flexibility index (Phi) is 1.94. The van der Waals surface area contributed by atoms with Crippen LogP contribution >= 0.6 is 0 Å². The van der Waals surface area contributed by atoms with Gasteiger partial charge in [-0.2, -0.15) is 5.10 Å². The van der Waals surface area contributed by atoms with Crippen molar-refractivity contribution in [2.45, 2.75) is 0 Å². The maximum atomic E-state index is 10.8. The van der Waals surface area contributed by atoms with Crippen molar-refractivity contribution >= 4 is 11.6 Å². The van der Waals surface area contributed by atoms with E-state index in [9.17, 15) is 4.79 Å². The Morgan fingerprint density at radius 3 is 3.00 bits per heavy atom. The van der Waals surface area contributed by atoms with Gasteiger partial charge in [-0.3, -0.25) is 0 Å². The Labute approximate surface area is 95.1 Å². The molecule has 0 bridgehead atoms. The molecular formula is C11H7N3O3. The average Bonchev–Trinajstić information content (AvgIpc) is 2.96. The summed E-state index contributed by atoms with van der Waals surface area (Å²) in [7, 11) is 0. The van der Waals surface area contributed by atoms with Crippen LogP contribution in [0.4, 0.5) is 0 Å². The molecule has 0 aliphatic heterocycles. The molecular weight excluding hydrogens is 222 g/mol. The van der Waals surface area contributed by atoms with Crippen LogP contribution in [0.2, 0.25) is 0 Å². The van der Waals surface area contributed by atoms with Gasteiger partial charge in [-0.05, 0) is 18.2 Å². The molecule has 0 aromatic carbocycles. The van der Waals surface area contributed by atoms with Crippen molar-refractivity contribution in [1.82, 2.24) is 14.6 Å². The van der Waals surface area contributed by atoms with Gasteiger partial charge in [0.1, 0.15) is 5.69 Å². The Balaban J connectivity index is 2.16. The average molecular weight is 229 g/mol. The van der Waals surface area contributed by atoms with Gasteiger partial charge in [-0.25, -0.2) is 14.3 Å². The molecule has 17 heavy (non-hydrogen) atoms. The van der Waals surface area contributed by atoms with Crippen molar-refractivity contribution in [1.29, 1.82) is 0 Å². The molecule has 0 unspecified atom stereocenters. The maximum Gasteiger partial charge on any atom is 0.354 e. The monoisotopic (exact) mass is 229 g/mol. The molecule has 1 N–H and O–H groups in total. The number of carboxylic acids is 1. The molecule has 3 heterocycles. The number of furan rings is 1. The molecule has 0 aliphatic carbocycles. The zero-order chi connectivity index (χ0) is 11.8. The highest BCUT2D eigenvalue weighted by molar-refractivity contribution is 5.85. The van der Waals surface area contributed by atoms with Crippen LogP contribution in [0, 0.1) is 0 Å². The quantitative estimate of drug-likeness (QED) is 0.723. The molecule has 0 spiro atoms. The minimum Gasteiger partial charge on any atom is -0.477 e. The molecule has 3 aromatic heterocycles. The van der Waals surface area contributed by atoms with Crippen molar-refractivity contribution in [2.75, 3.05) is 0 Å². The molecule has 3 rings (SSSR count). The summed E-state index contributed by atoms with van der Waals surface area (Å²) in [5.74, 6) is -0.444. The van der Waals surface area contributed by atoms with E-state index in [1.54, 1.807) is 30.7 Å². The van der Waals surface area contributed by atoms with Crippen LogP contribution in [0.15, 0.2) is 41.1 Å². The third-order valence-electron chi connectivity index (χ3n) is 2.32. The Morgan fingerprint density at radius 1 is 1.41 bits per heavy atom. The molecule has 6 heteroatoms. The van der Waals surface area contributed by atoms with Crippen molar-refractivity contribution < 1.29 is 14.3 Å². The summed E-state index contributed by atoms with van der Waals surface area (Å²) >= 11 is 0. The van der Waals surface area contributed by atoms with E-state index in [-0.39, 0.29) is 5.69 Å². The first kappa shape index (κ1) is 9.59. The molecule has 0 radical (unpaired) electrons. The number of hydrogen-bond donors (Lipinski definition) is 1. The summed E-state index contributed by atoms with van der Waals surface area (Å²) in [6.45, 7) is 0. The van der Waals surface area contributed by atoms with Crippen LogP contribution < -0.4 is 0 Å². The highest BCUT2D eigenvalue weighted by Crippen LogP contribution is 2.19. The minimum atomic E-state index is -1.06. The summed E-state index contributed by atoms with van der Waals surface area (Å²) in [4.78, 5) is 14.7. The van der Waals surface area contributed by atoms with Crippen LogP contribution in [-0.4, -0.2) is 25.7 Å². The first-order valence-electron chi connectivity index (χ1n) is 4.87. The lowest BCUT2D eigenvalue weighted by atomic mass is 10.3. The number of aromatic carboxylic acids is 1. The Morgan fingerprint density at radius 2 is 2.29 bits per heavy atom. The highest BCUT2D eigenvalue weighted by atomic mass is 16.4. The lowest BCUT2D eigenvalue weighted by Gasteiger charge is -1.93. The van der Waals surface area contributed by atoms with Gasteiger partial charge >= 0.3 is 5.97 Å². The summed E-state index contributed by atoms with van der Waals surface area (Å²) in [6, 6.07) is 6.61. The van der Waals surface area contributed by atoms with Crippen LogP contribution in [0.1, 0.15) is 10.5 Å². The standard InChI is InChI=1S/C11H7N3O3/c15-11(16)7-3-4-14-10(12-7)6-8(13-14)9-2-1-5-17-9/h1-6H,(H,15,16). The van der Waals surface area contributed by atoms with E-state index in [4.69, 9.17) is 9.52 Å². The molecule has 3 aromatic rings. The number of carbonyl (C=O) groups is 1. The van der Waals surface area contributed by atoms with E-state index in [1.807, 2.05) is 0 Å². The maximum absolute atomic E-state index is 10.8. The number of hydrogen-bond acceptors (Lipinski definition) is 4. The summed E-state index contributed by atoms with van der Waals surface area (Å²) in [5.41, 5.74) is 1.07. The second kappa shape index (κ2) is 3.44. The van der Waals surface area contributed by atoms with E-state index in [1.165, 1.54) is 10.6 Å². The Hall–Kier alpha value is -2.63. The van der Waals surface area contributed by atoms with Crippen molar-refractivity contribution in [2.24, 2.45) is 0 Å². The van der Waals surface area contributed by atoms with E-state index >= 15 is 0 Å². The normalized spacial score (nSPS) is 10.8. The number of carboxylic acid groups (broad SMARTS) is 1. The molecule has 0 atom stereocenters. The molecule has 0 saturated carbocycles. The van der Waals surface area contributed by atoms with Crippen molar-refractivity contribution in [3.05, 3.63) is 42.4 Å². The second-order valence-corrected chi connectivity index (χ2v) is 3.43. The van der Waals surface area contributed by atoms with Crippen molar-refractivity contribution in [3.63, 3.8) is 0 Å². The number of nitrogens with zero attached hydrogens (tertiary/aromatic N) is 3. The van der Waals surface area contributed by atoms with E-state index < -0.39 is 5.97 Å². The van der Waals surface area contributed by atoms with Gasteiger partial charge in [0.25, 0.3) is 0 Å². The first-order valence-corrected chi connectivity index (χ1v) is 4.87. The molecule has 0 saturated heterocycles. The third-order valence-corrected chi connectivity index (χ3v) is 2.32. The van der Waals surface area contributed by atoms with Gasteiger partial charge < -0.3 is 9.52 Å². The summed E-state index contributed by atoms with van der Waals surface area (Å²) < 4.78 is 6.71. The molecule has 0 aliphatic rings. The van der Waals surface area contributed by atoms with Gasteiger partial charge in [-0.1, -0.05) is 0 Å². The summed E-state index contributed by atoms with van der Waals surface area (Å²) in [6.07, 6.45) is 3.10.